The van der Waals surface area contributed by atoms with E-state index in [1.807, 2.05) is 32.2 Å². The Labute approximate surface area is 340 Å². The molecule has 0 aromatic heterocycles. The Morgan fingerprint density at radius 3 is 2.57 bits per heavy atom. The van der Waals surface area contributed by atoms with Crippen LogP contribution in [-0.4, -0.2) is 93.9 Å². The van der Waals surface area contributed by atoms with Crippen LogP contribution in [0.2, 0.25) is 5.02 Å². The van der Waals surface area contributed by atoms with Crippen molar-refractivity contribution in [1.29, 1.82) is 0 Å². The predicted molar refractivity (Wildman–Crippen MR) is 224 cm³/mol. The Morgan fingerprint density at radius 2 is 1.79 bits per heavy atom. The molecule has 6 aliphatic rings. The van der Waals surface area contributed by atoms with E-state index in [-0.39, 0.29) is 5.92 Å². The summed E-state index contributed by atoms with van der Waals surface area (Å²) in [4.78, 5) is 21.8. The molecule has 0 radical (unpaired) electrons. The first-order valence-electron chi connectivity index (χ1n) is 21.6. The van der Waals surface area contributed by atoms with E-state index in [0.717, 1.165) is 107 Å². The summed E-state index contributed by atoms with van der Waals surface area (Å²) in [6.07, 6.45) is 17.9. The van der Waals surface area contributed by atoms with Crippen molar-refractivity contribution in [3.8, 4) is 5.75 Å². The maximum absolute atomic E-state index is 14.3. The molecule has 4 fully saturated rings. The normalized spacial score (nSPS) is 32.5. The van der Waals surface area contributed by atoms with Crippen LogP contribution in [0.4, 0.5) is 5.69 Å². The molecule has 2 aliphatic carbocycles. The largest absolute Gasteiger partial charge is 0.487 e. The summed E-state index contributed by atoms with van der Waals surface area (Å²) in [5.41, 5.74) is 2.99. The van der Waals surface area contributed by atoms with Crippen molar-refractivity contribution in [1.82, 2.24) is 14.5 Å². The Bertz CT molecular complexity index is 1850. The lowest BCUT2D eigenvalue weighted by molar-refractivity contribution is -0.1000. The Morgan fingerprint density at radius 1 is 0.929 bits per heavy atom. The second-order valence-electron chi connectivity index (χ2n) is 18.0. The van der Waals surface area contributed by atoms with Crippen molar-refractivity contribution in [2.24, 2.45) is 23.7 Å². The van der Waals surface area contributed by atoms with Crippen LogP contribution < -0.4 is 14.4 Å². The third-order valence-corrected chi connectivity index (χ3v) is 16.6. The number of allylic oxidation sites excluding steroid dienone is 1. The van der Waals surface area contributed by atoms with Gasteiger partial charge in [-0.15, -0.1) is 0 Å². The van der Waals surface area contributed by atoms with Gasteiger partial charge < -0.3 is 14.4 Å². The number of methoxy groups -OCH3 is 1. The van der Waals surface area contributed by atoms with Crippen LogP contribution in [0.5, 0.6) is 5.75 Å². The number of benzene rings is 2. The number of amides is 1. The molecule has 6 atom stereocenters. The van der Waals surface area contributed by atoms with Gasteiger partial charge in [0.05, 0.1) is 10.9 Å². The quantitative estimate of drug-likeness (QED) is 0.306. The van der Waals surface area contributed by atoms with Crippen LogP contribution in [0.25, 0.3) is 0 Å². The fourth-order valence-electron chi connectivity index (χ4n) is 10.7. The number of nitrogens with one attached hydrogen (secondary N) is 1. The molecule has 4 aliphatic heterocycles. The fraction of sp³-hybridized carbons (Fsp3) is 0.667. The lowest BCUT2D eigenvalue weighted by Gasteiger charge is -2.53. The molecular weight excluding hydrogens is 744 g/mol. The summed E-state index contributed by atoms with van der Waals surface area (Å²) >= 11 is 6.45. The molecule has 11 heteroatoms. The zero-order chi connectivity index (χ0) is 38.9. The topological polar surface area (TPSA) is 91.4 Å². The summed E-state index contributed by atoms with van der Waals surface area (Å²) in [7, 11) is -2.09. The van der Waals surface area contributed by atoms with Crippen LogP contribution >= 0.6 is 11.6 Å². The Balaban J connectivity index is 1.16. The molecule has 8 rings (SSSR count). The molecule has 1 amide bonds. The minimum Gasteiger partial charge on any atom is -0.487 e. The van der Waals surface area contributed by atoms with Crippen LogP contribution in [-0.2, 0) is 27.8 Å². The molecule has 2 aromatic carbocycles. The molecule has 306 valence electrons. The average molecular weight is 808 g/mol. The highest BCUT2D eigenvalue weighted by molar-refractivity contribution is 7.90. The SMILES string of the molecule is CO[C@@]1(CN2CCN3CCCC[C@@H]3C2)/C=C/C[C@H](C)[C@@H](CC2CCC2)S(=O)(=O)NC(=O)c2ccc3c(c2)N(CCCCc2cc(Cl)ccc2CO3)C[C@@H]2CC[C@H]21. The van der Waals surface area contributed by atoms with E-state index in [4.69, 9.17) is 21.1 Å². The zero-order valence-electron chi connectivity index (χ0n) is 33.6. The lowest BCUT2D eigenvalue weighted by atomic mass is 9.63. The number of hydrogen-bond acceptors (Lipinski definition) is 8. The molecule has 2 bridgehead atoms. The van der Waals surface area contributed by atoms with Gasteiger partial charge in [0.15, 0.2) is 0 Å². The van der Waals surface area contributed by atoms with Crippen LogP contribution in [0.1, 0.15) is 105 Å². The summed E-state index contributed by atoms with van der Waals surface area (Å²) in [5.74, 6) is 0.996. The molecule has 4 heterocycles. The molecular formula is C45H63ClN4O5S. The Hall–Kier alpha value is -2.63. The number of ether oxygens (including phenoxy) is 2. The number of sulfonamides is 1. The van der Waals surface area contributed by atoms with E-state index in [1.165, 1.54) is 31.4 Å². The van der Waals surface area contributed by atoms with Gasteiger partial charge in [-0.25, -0.2) is 13.1 Å². The van der Waals surface area contributed by atoms with E-state index in [2.05, 4.69) is 43.7 Å². The minimum absolute atomic E-state index is 0.170. The number of anilines is 1. The molecule has 9 nitrogen and oxygen atoms in total. The van der Waals surface area contributed by atoms with Crippen LogP contribution in [0, 0.1) is 23.7 Å². The Kier molecular flexibility index (Phi) is 12.4. The molecule has 1 N–H and O–H groups in total. The molecule has 0 spiro atoms. The predicted octanol–water partition coefficient (Wildman–Crippen LogP) is 7.86. The van der Waals surface area contributed by atoms with Gasteiger partial charge in [-0.2, -0.15) is 0 Å². The van der Waals surface area contributed by atoms with Crippen molar-refractivity contribution < 1.29 is 22.7 Å². The fourth-order valence-corrected chi connectivity index (χ4v) is 12.7. The first kappa shape index (κ1) is 40.2. The standard InChI is InChI=1S/C45H63ClN4O5S/c1-32-9-8-20-45(54-2,31-48-23-24-49-21-6-4-13-39(49)29-48)40-18-15-36(40)28-50-22-5-3-12-34-26-38(46)17-14-37(34)30-55-42-19-16-35(27-41(42)50)44(51)47-56(52,53)43(32)25-33-10-7-11-33/h8,14,16-17,19-20,26-27,32-33,36,39-40,43H,3-7,9-13,15,18,21-25,28-31H2,1-2H3,(H,47,51)/b20-8+/t32-,36-,39+,40+,43+,45+/m0/s1. The summed E-state index contributed by atoms with van der Waals surface area (Å²) in [5, 5.41) is 0.0580. The first-order valence-corrected chi connectivity index (χ1v) is 23.6. The number of piperazine rings is 1. The van der Waals surface area contributed by atoms with Crippen molar-refractivity contribution >= 4 is 33.2 Å². The highest BCUT2D eigenvalue weighted by Gasteiger charge is 2.49. The molecule has 2 saturated heterocycles. The first-order chi connectivity index (χ1) is 27.1. The number of carbonyl (C=O) groups is 1. The van der Waals surface area contributed by atoms with E-state index in [0.29, 0.717) is 54.6 Å². The van der Waals surface area contributed by atoms with Crippen molar-refractivity contribution in [3.63, 3.8) is 0 Å². The average Bonchev–Trinajstić information content (AvgIpc) is 3.18. The van der Waals surface area contributed by atoms with Crippen LogP contribution in [0.3, 0.4) is 0 Å². The monoisotopic (exact) mass is 806 g/mol. The minimum atomic E-state index is -3.98. The number of halogens is 1. The maximum Gasteiger partial charge on any atom is 0.264 e. The number of fused-ring (bicyclic) bond motifs is 4. The molecule has 56 heavy (non-hydrogen) atoms. The summed E-state index contributed by atoms with van der Waals surface area (Å²) in [6.45, 7) is 9.29. The highest BCUT2D eigenvalue weighted by atomic mass is 35.5. The highest BCUT2D eigenvalue weighted by Crippen LogP contribution is 2.47. The van der Waals surface area contributed by atoms with Crippen molar-refractivity contribution in [2.45, 2.75) is 114 Å². The number of carbonyl (C=O) groups excluding carboxylic acids is 1. The van der Waals surface area contributed by atoms with Gasteiger partial charge in [-0.3, -0.25) is 14.6 Å². The van der Waals surface area contributed by atoms with E-state index in [1.54, 1.807) is 6.07 Å². The second kappa shape index (κ2) is 17.3. The number of nitrogens with zero attached hydrogens (tertiary/aromatic N) is 3. The number of rotatable bonds is 5. The van der Waals surface area contributed by atoms with Gasteiger partial charge in [0.1, 0.15) is 18.0 Å². The lowest BCUT2D eigenvalue weighted by Crippen LogP contribution is -2.61. The van der Waals surface area contributed by atoms with E-state index < -0.39 is 26.8 Å². The van der Waals surface area contributed by atoms with Gasteiger partial charge in [0.25, 0.3) is 5.91 Å². The third-order valence-electron chi connectivity index (χ3n) is 14.5. The summed E-state index contributed by atoms with van der Waals surface area (Å²) < 4.78 is 44.5. The molecule has 2 saturated carbocycles. The van der Waals surface area contributed by atoms with Crippen molar-refractivity contribution in [3.05, 3.63) is 70.3 Å². The van der Waals surface area contributed by atoms with E-state index in [9.17, 15) is 13.2 Å². The van der Waals surface area contributed by atoms with Gasteiger partial charge in [-0.1, -0.05) is 62.4 Å². The summed E-state index contributed by atoms with van der Waals surface area (Å²) in [6, 6.07) is 12.1. The number of hydrogen-bond donors (Lipinski definition) is 1. The van der Waals surface area contributed by atoms with Crippen LogP contribution in [0.15, 0.2) is 48.6 Å². The maximum atomic E-state index is 14.3. The van der Waals surface area contributed by atoms with E-state index >= 15 is 0 Å². The van der Waals surface area contributed by atoms with Gasteiger partial charge >= 0.3 is 0 Å². The molecule has 0 unspecified atom stereocenters. The van der Waals surface area contributed by atoms with Gasteiger partial charge in [0.2, 0.25) is 10.0 Å². The zero-order valence-corrected chi connectivity index (χ0v) is 35.2. The smallest absolute Gasteiger partial charge is 0.264 e. The van der Waals surface area contributed by atoms with Crippen molar-refractivity contribution in [2.75, 3.05) is 57.8 Å². The van der Waals surface area contributed by atoms with Gasteiger partial charge in [-0.05, 0) is 129 Å². The third kappa shape index (κ3) is 8.70. The second-order valence-corrected chi connectivity index (χ2v) is 20.3. The number of aryl methyl sites for hydroxylation is 1. The van der Waals surface area contributed by atoms with Gasteiger partial charge in [0, 0.05) is 63.0 Å². The number of piperidine rings is 1. The molecule has 2 aromatic rings.